The van der Waals surface area contributed by atoms with Crippen LogP contribution in [0.5, 0.6) is 0 Å². The third-order valence-corrected chi connectivity index (χ3v) is 4.15. The summed E-state index contributed by atoms with van der Waals surface area (Å²) in [6, 6.07) is 5.39. The Labute approximate surface area is 121 Å². The zero-order valence-corrected chi connectivity index (χ0v) is 13.2. The lowest BCUT2D eigenvalue weighted by molar-refractivity contribution is 0.543. The maximum atomic E-state index is 13.9. The van der Waals surface area contributed by atoms with E-state index in [0.29, 0.717) is 5.92 Å². The Morgan fingerprint density at radius 3 is 2.74 bits per heavy atom. The van der Waals surface area contributed by atoms with Crippen LogP contribution in [-0.2, 0) is 6.54 Å². The zero-order chi connectivity index (χ0) is 14.1. The van der Waals surface area contributed by atoms with Gasteiger partial charge in [0.25, 0.3) is 0 Å². The predicted octanol–water partition coefficient (Wildman–Crippen LogP) is 4.85. The van der Waals surface area contributed by atoms with Crippen molar-refractivity contribution in [1.29, 1.82) is 0 Å². The van der Waals surface area contributed by atoms with Gasteiger partial charge in [-0.3, -0.25) is 0 Å². The van der Waals surface area contributed by atoms with Crippen molar-refractivity contribution in [3.8, 4) is 0 Å². The maximum absolute atomic E-state index is 13.9. The first-order chi connectivity index (χ1) is 9.15. The molecule has 1 N–H and O–H groups in total. The lowest BCUT2D eigenvalue weighted by Gasteiger charge is -2.12. The lowest BCUT2D eigenvalue weighted by Crippen LogP contribution is -2.19. The molecule has 1 rings (SSSR count). The molecule has 0 saturated heterocycles. The largest absolute Gasteiger partial charge is 0.312 e. The van der Waals surface area contributed by atoms with Gasteiger partial charge in [-0.05, 0) is 36.3 Å². The van der Waals surface area contributed by atoms with E-state index in [1.54, 1.807) is 23.9 Å². The minimum absolute atomic E-state index is 0.0784. The average molecular weight is 283 g/mol. The topological polar surface area (TPSA) is 12.0 Å². The van der Waals surface area contributed by atoms with Crippen LogP contribution in [-0.4, -0.2) is 12.3 Å². The van der Waals surface area contributed by atoms with Crippen LogP contribution in [0, 0.1) is 11.7 Å². The molecule has 0 aliphatic carbocycles. The predicted molar refractivity (Wildman–Crippen MR) is 83.2 cm³/mol. The van der Waals surface area contributed by atoms with Gasteiger partial charge in [-0.25, -0.2) is 4.39 Å². The van der Waals surface area contributed by atoms with Crippen molar-refractivity contribution in [3.63, 3.8) is 0 Å². The number of rotatable bonds is 9. The number of nitrogens with one attached hydrogen (secondary N) is 1. The molecule has 0 spiro atoms. The molecule has 0 radical (unpaired) electrons. The molecule has 19 heavy (non-hydrogen) atoms. The lowest BCUT2D eigenvalue weighted by atomic mass is 10.2. The fourth-order valence-electron chi connectivity index (χ4n) is 1.88. The van der Waals surface area contributed by atoms with Gasteiger partial charge in [-0.1, -0.05) is 45.7 Å². The van der Waals surface area contributed by atoms with Crippen molar-refractivity contribution in [2.75, 3.05) is 12.3 Å². The monoisotopic (exact) mass is 283 g/mol. The molecule has 0 aliphatic heterocycles. The van der Waals surface area contributed by atoms with Crippen LogP contribution in [0.1, 0.15) is 45.6 Å². The van der Waals surface area contributed by atoms with E-state index in [0.717, 1.165) is 35.7 Å². The number of unbranched alkanes of at least 4 members (excludes halogenated alkanes) is 2. The first kappa shape index (κ1) is 16.5. The van der Waals surface area contributed by atoms with Crippen LogP contribution >= 0.6 is 11.8 Å². The summed E-state index contributed by atoms with van der Waals surface area (Å²) in [5.74, 6) is 1.55. The number of thioether (sulfide) groups is 1. The summed E-state index contributed by atoms with van der Waals surface area (Å²) >= 11 is 1.66. The van der Waals surface area contributed by atoms with Gasteiger partial charge in [0.2, 0.25) is 0 Å². The van der Waals surface area contributed by atoms with E-state index >= 15 is 0 Å². The molecule has 3 heteroatoms. The Hall–Kier alpha value is -0.540. The molecule has 1 aromatic carbocycles. The number of benzene rings is 1. The summed E-state index contributed by atoms with van der Waals surface area (Å²) in [5.41, 5.74) is 1.09. The summed E-state index contributed by atoms with van der Waals surface area (Å²) in [5, 5.41) is 3.39. The number of hydrogen-bond acceptors (Lipinski definition) is 2. The first-order valence-corrected chi connectivity index (χ1v) is 8.24. The quantitative estimate of drug-likeness (QED) is 0.513. The van der Waals surface area contributed by atoms with Gasteiger partial charge in [-0.2, -0.15) is 0 Å². The summed E-state index contributed by atoms with van der Waals surface area (Å²) in [4.78, 5) is 0.829. The van der Waals surface area contributed by atoms with Gasteiger partial charge in [0.1, 0.15) is 5.82 Å². The smallest absolute Gasteiger partial charge is 0.137 e. The summed E-state index contributed by atoms with van der Waals surface area (Å²) in [7, 11) is 0. The highest BCUT2D eigenvalue weighted by molar-refractivity contribution is 7.99. The van der Waals surface area contributed by atoms with E-state index in [1.807, 2.05) is 6.07 Å². The second kappa shape index (κ2) is 9.38. The highest BCUT2D eigenvalue weighted by atomic mass is 32.2. The van der Waals surface area contributed by atoms with Crippen molar-refractivity contribution in [3.05, 3.63) is 29.6 Å². The second-order valence-electron chi connectivity index (χ2n) is 5.31. The molecule has 0 heterocycles. The van der Waals surface area contributed by atoms with Crippen LogP contribution in [0.15, 0.2) is 23.1 Å². The summed E-state index contributed by atoms with van der Waals surface area (Å²) < 4.78 is 13.9. The molecule has 1 nitrogen and oxygen atoms in total. The minimum atomic E-state index is -0.0784. The van der Waals surface area contributed by atoms with Crippen molar-refractivity contribution in [2.45, 2.75) is 51.5 Å². The molecule has 0 aliphatic rings. The summed E-state index contributed by atoms with van der Waals surface area (Å²) in [6.07, 6.45) is 3.59. The van der Waals surface area contributed by atoms with E-state index in [1.165, 1.54) is 12.8 Å². The standard InChI is InChI=1S/C16H26FNS/c1-4-5-6-10-19-16-14(8-7-9-15(16)17)12-18-11-13(2)3/h7-9,13,18H,4-6,10-12H2,1-3H3. The SMILES string of the molecule is CCCCCSc1c(F)cccc1CNCC(C)C. The number of hydrogen-bond donors (Lipinski definition) is 1. The van der Waals surface area contributed by atoms with E-state index in [-0.39, 0.29) is 5.82 Å². The Balaban J connectivity index is 2.56. The Morgan fingerprint density at radius 2 is 2.05 bits per heavy atom. The Bertz CT molecular complexity index is 366. The zero-order valence-electron chi connectivity index (χ0n) is 12.3. The minimum Gasteiger partial charge on any atom is -0.312 e. The summed E-state index contributed by atoms with van der Waals surface area (Å²) in [6.45, 7) is 8.27. The molecule has 1 aromatic rings. The molecule has 0 unspecified atom stereocenters. The molecular weight excluding hydrogens is 257 g/mol. The van der Waals surface area contributed by atoms with E-state index < -0.39 is 0 Å². The fourth-order valence-corrected chi connectivity index (χ4v) is 2.96. The molecule has 108 valence electrons. The molecule has 0 bridgehead atoms. The number of halogens is 1. The molecule has 0 fully saturated rings. The van der Waals surface area contributed by atoms with Crippen LogP contribution < -0.4 is 5.32 Å². The van der Waals surface area contributed by atoms with Gasteiger partial charge in [0.15, 0.2) is 0 Å². The fraction of sp³-hybridized carbons (Fsp3) is 0.625. The third kappa shape index (κ3) is 6.44. The maximum Gasteiger partial charge on any atom is 0.137 e. The highest BCUT2D eigenvalue weighted by Crippen LogP contribution is 2.27. The van der Waals surface area contributed by atoms with E-state index in [2.05, 4.69) is 26.1 Å². The molecule has 0 atom stereocenters. The molecular formula is C16H26FNS. The molecule has 0 aromatic heterocycles. The molecule has 0 saturated carbocycles. The average Bonchev–Trinajstić information content (AvgIpc) is 2.36. The third-order valence-electron chi connectivity index (χ3n) is 2.91. The Morgan fingerprint density at radius 1 is 1.26 bits per heavy atom. The van der Waals surface area contributed by atoms with Gasteiger partial charge in [0.05, 0.1) is 0 Å². The van der Waals surface area contributed by atoms with Crippen LogP contribution in [0.3, 0.4) is 0 Å². The van der Waals surface area contributed by atoms with Gasteiger partial charge in [-0.15, -0.1) is 11.8 Å². The second-order valence-corrected chi connectivity index (χ2v) is 6.41. The van der Waals surface area contributed by atoms with Crippen LogP contribution in [0.25, 0.3) is 0 Å². The van der Waals surface area contributed by atoms with E-state index in [9.17, 15) is 4.39 Å². The van der Waals surface area contributed by atoms with Gasteiger partial charge < -0.3 is 5.32 Å². The highest BCUT2D eigenvalue weighted by Gasteiger charge is 2.08. The Kier molecular flexibility index (Phi) is 8.15. The first-order valence-electron chi connectivity index (χ1n) is 7.26. The van der Waals surface area contributed by atoms with Crippen molar-refractivity contribution >= 4 is 11.8 Å². The van der Waals surface area contributed by atoms with Crippen LogP contribution in [0.4, 0.5) is 4.39 Å². The van der Waals surface area contributed by atoms with Crippen molar-refractivity contribution in [1.82, 2.24) is 5.32 Å². The molecule has 0 amide bonds. The van der Waals surface area contributed by atoms with E-state index in [4.69, 9.17) is 0 Å². The van der Waals surface area contributed by atoms with Gasteiger partial charge >= 0.3 is 0 Å². The van der Waals surface area contributed by atoms with Crippen molar-refractivity contribution < 1.29 is 4.39 Å². The van der Waals surface area contributed by atoms with Crippen molar-refractivity contribution in [2.24, 2.45) is 5.92 Å². The normalized spacial score (nSPS) is 11.2. The van der Waals surface area contributed by atoms with Gasteiger partial charge in [0, 0.05) is 11.4 Å². The van der Waals surface area contributed by atoms with Crippen LogP contribution in [0.2, 0.25) is 0 Å².